The standard InChI is InChI=1S/C16H21ClN2O2S/c17-14-3-1-13(2-4-14)16-19(15(20)5-12-22-16)7-6-18-8-10-21-11-9-18/h1-4,16H,5-12H2. The van der Waals surface area contributed by atoms with Gasteiger partial charge >= 0.3 is 0 Å². The van der Waals surface area contributed by atoms with Crippen molar-refractivity contribution in [3.05, 3.63) is 34.9 Å². The van der Waals surface area contributed by atoms with Gasteiger partial charge in [0.15, 0.2) is 0 Å². The van der Waals surface area contributed by atoms with Crippen LogP contribution in [0.25, 0.3) is 0 Å². The van der Waals surface area contributed by atoms with E-state index in [1.54, 1.807) is 0 Å². The highest BCUT2D eigenvalue weighted by Gasteiger charge is 2.30. The summed E-state index contributed by atoms with van der Waals surface area (Å²) < 4.78 is 5.38. The Morgan fingerprint density at radius 2 is 1.91 bits per heavy atom. The molecule has 0 saturated carbocycles. The number of rotatable bonds is 4. The average Bonchev–Trinajstić information content (AvgIpc) is 2.55. The molecule has 2 aliphatic heterocycles. The summed E-state index contributed by atoms with van der Waals surface area (Å²) in [6, 6.07) is 7.86. The van der Waals surface area contributed by atoms with Gasteiger partial charge in [-0.3, -0.25) is 9.69 Å². The third-order valence-corrected chi connectivity index (χ3v) is 5.65. The molecule has 4 nitrogen and oxygen atoms in total. The number of morpholine rings is 1. The van der Waals surface area contributed by atoms with Gasteiger partial charge in [0.05, 0.1) is 13.2 Å². The molecule has 0 radical (unpaired) electrons. The molecular formula is C16H21ClN2O2S. The summed E-state index contributed by atoms with van der Waals surface area (Å²) in [5.41, 5.74) is 1.16. The van der Waals surface area contributed by atoms with Gasteiger partial charge in [0.2, 0.25) is 5.91 Å². The minimum Gasteiger partial charge on any atom is -0.379 e. The van der Waals surface area contributed by atoms with Gasteiger partial charge in [-0.15, -0.1) is 11.8 Å². The molecule has 1 atom stereocenters. The van der Waals surface area contributed by atoms with Crippen molar-refractivity contribution in [2.45, 2.75) is 11.8 Å². The second kappa shape index (κ2) is 7.68. The number of carbonyl (C=O) groups is 1. The van der Waals surface area contributed by atoms with E-state index in [0.29, 0.717) is 6.42 Å². The van der Waals surface area contributed by atoms with Crippen molar-refractivity contribution in [3.8, 4) is 0 Å². The zero-order valence-electron chi connectivity index (χ0n) is 12.5. The molecule has 120 valence electrons. The van der Waals surface area contributed by atoms with Gasteiger partial charge in [0.25, 0.3) is 0 Å². The summed E-state index contributed by atoms with van der Waals surface area (Å²) >= 11 is 7.81. The number of thioether (sulfide) groups is 1. The molecule has 0 aliphatic carbocycles. The van der Waals surface area contributed by atoms with Gasteiger partial charge in [-0.05, 0) is 17.7 Å². The molecule has 0 bridgehead atoms. The fourth-order valence-electron chi connectivity index (χ4n) is 2.84. The maximum atomic E-state index is 12.4. The predicted octanol–water partition coefficient (Wildman–Crippen LogP) is 2.64. The molecular weight excluding hydrogens is 320 g/mol. The van der Waals surface area contributed by atoms with E-state index in [9.17, 15) is 4.79 Å². The summed E-state index contributed by atoms with van der Waals surface area (Å²) in [5.74, 6) is 1.15. The third-order valence-electron chi connectivity index (χ3n) is 4.11. The number of benzene rings is 1. The van der Waals surface area contributed by atoms with E-state index < -0.39 is 0 Å². The second-order valence-electron chi connectivity index (χ2n) is 5.57. The Bertz CT molecular complexity index is 505. The SMILES string of the molecule is O=C1CCSC(c2ccc(Cl)cc2)N1CCN1CCOCC1. The van der Waals surface area contributed by atoms with Gasteiger partial charge in [0.1, 0.15) is 5.37 Å². The van der Waals surface area contributed by atoms with E-state index in [2.05, 4.69) is 4.90 Å². The van der Waals surface area contributed by atoms with Crippen LogP contribution in [-0.4, -0.2) is 60.9 Å². The first-order valence-corrected chi connectivity index (χ1v) is 9.13. The second-order valence-corrected chi connectivity index (χ2v) is 7.19. The summed E-state index contributed by atoms with van der Waals surface area (Å²) in [6.45, 7) is 5.20. The predicted molar refractivity (Wildman–Crippen MR) is 90.2 cm³/mol. The van der Waals surface area contributed by atoms with Crippen molar-refractivity contribution >= 4 is 29.3 Å². The fourth-order valence-corrected chi connectivity index (χ4v) is 4.24. The largest absolute Gasteiger partial charge is 0.379 e. The van der Waals surface area contributed by atoms with Crippen molar-refractivity contribution in [2.75, 3.05) is 45.1 Å². The zero-order valence-corrected chi connectivity index (χ0v) is 14.1. The van der Waals surface area contributed by atoms with Crippen LogP contribution < -0.4 is 0 Å². The summed E-state index contributed by atoms with van der Waals surface area (Å²) in [6.07, 6.45) is 0.637. The van der Waals surface area contributed by atoms with E-state index in [0.717, 1.165) is 55.7 Å². The molecule has 0 N–H and O–H groups in total. The maximum Gasteiger partial charge on any atom is 0.224 e. The van der Waals surface area contributed by atoms with Gasteiger partial charge in [-0.1, -0.05) is 23.7 Å². The molecule has 2 saturated heterocycles. The summed E-state index contributed by atoms with van der Waals surface area (Å²) in [7, 11) is 0. The number of carbonyl (C=O) groups excluding carboxylic acids is 1. The summed E-state index contributed by atoms with van der Waals surface area (Å²) in [4.78, 5) is 16.8. The van der Waals surface area contributed by atoms with Crippen molar-refractivity contribution in [1.29, 1.82) is 0 Å². The highest BCUT2D eigenvalue weighted by Crippen LogP contribution is 2.37. The first-order valence-electron chi connectivity index (χ1n) is 7.71. The molecule has 0 aromatic heterocycles. The number of hydrogen-bond donors (Lipinski definition) is 0. The molecule has 2 aliphatic rings. The minimum atomic E-state index is 0.111. The molecule has 22 heavy (non-hydrogen) atoms. The topological polar surface area (TPSA) is 32.8 Å². The van der Waals surface area contributed by atoms with E-state index >= 15 is 0 Å². The number of amides is 1. The van der Waals surface area contributed by atoms with Crippen LogP contribution in [0.4, 0.5) is 0 Å². The normalized spacial score (nSPS) is 23.8. The first-order chi connectivity index (χ1) is 10.7. The van der Waals surface area contributed by atoms with E-state index in [1.807, 2.05) is 40.9 Å². The van der Waals surface area contributed by atoms with Crippen LogP contribution >= 0.6 is 23.4 Å². The quantitative estimate of drug-likeness (QED) is 0.843. The van der Waals surface area contributed by atoms with Crippen molar-refractivity contribution < 1.29 is 9.53 Å². The number of nitrogens with zero attached hydrogens (tertiary/aromatic N) is 2. The number of halogens is 1. The Hall–Kier alpha value is -0.750. The lowest BCUT2D eigenvalue weighted by molar-refractivity contribution is -0.132. The van der Waals surface area contributed by atoms with Crippen molar-refractivity contribution in [2.24, 2.45) is 0 Å². The molecule has 1 amide bonds. The monoisotopic (exact) mass is 340 g/mol. The van der Waals surface area contributed by atoms with Gasteiger partial charge in [0, 0.05) is 43.4 Å². The minimum absolute atomic E-state index is 0.111. The highest BCUT2D eigenvalue weighted by molar-refractivity contribution is 7.99. The average molecular weight is 341 g/mol. The lowest BCUT2D eigenvalue weighted by Gasteiger charge is -2.37. The molecule has 6 heteroatoms. The Morgan fingerprint density at radius 3 is 2.64 bits per heavy atom. The van der Waals surface area contributed by atoms with Crippen LogP contribution in [0.5, 0.6) is 0 Å². The van der Waals surface area contributed by atoms with Crippen LogP contribution in [0, 0.1) is 0 Å². The number of ether oxygens (including phenoxy) is 1. The van der Waals surface area contributed by atoms with E-state index in [1.165, 1.54) is 0 Å². The zero-order chi connectivity index (χ0) is 15.4. The van der Waals surface area contributed by atoms with Crippen molar-refractivity contribution in [3.63, 3.8) is 0 Å². The Morgan fingerprint density at radius 1 is 1.18 bits per heavy atom. The first kappa shape index (κ1) is 16.1. The molecule has 1 unspecified atom stereocenters. The number of hydrogen-bond acceptors (Lipinski definition) is 4. The third kappa shape index (κ3) is 3.96. The highest BCUT2D eigenvalue weighted by atomic mass is 35.5. The Labute approximate surface area is 140 Å². The lowest BCUT2D eigenvalue weighted by Crippen LogP contribution is -2.45. The van der Waals surface area contributed by atoms with Gasteiger partial charge in [-0.25, -0.2) is 0 Å². The molecule has 0 spiro atoms. The fraction of sp³-hybridized carbons (Fsp3) is 0.562. The van der Waals surface area contributed by atoms with E-state index in [4.69, 9.17) is 16.3 Å². The van der Waals surface area contributed by atoms with Crippen LogP contribution in [0.2, 0.25) is 5.02 Å². The smallest absolute Gasteiger partial charge is 0.224 e. The maximum absolute atomic E-state index is 12.4. The summed E-state index contributed by atoms with van der Waals surface area (Å²) in [5, 5.41) is 0.843. The molecule has 1 aromatic rings. The Balaban J connectivity index is 1.66. The van der Waals surface area contributed by atoms with Gasteiger partial charge in [-0.2, -0.15) is 0 Å². The van der Waals surface area contributed by atoms with Crippen molar-refractivity contribution in [1.82, 2.24) is 9.80 Å². The molecule has 2 heterocycles. The molecule has 2 fully saturated rings. The Kier molecular flexibility index (Phi) is 5.63. The van der Waals surface area contributed by atoms with Gasteiger partial charge < -0.3 is 9.64 Å². The van der Waals surface area contributed by atoms with Crippen LogP contribution in [0.3, 0.4) is 0 Å². The van der Waals surface area contributed by atoms with Crippen LogP contribution in [0.15, 0.2) is 24.3 Å². The lowest BCUT2D eigenvalue weighted by atomic mass is 10.2. The van der Waals surface area contributed by atoms with Crippen LogP contribution in [-0.2, 0) is 9.53 Å². The molecule has 3 rings (SSSR count). The molecule has 1 aromatic carbocycles. The van der Waals surface area contributed by atoms with E-state index in [-0.39, 0.29) is 11.3 Å². The van der Waals surface area contributed by atoms with Crippen LogP contribution in [0.1, 0.15) is 17.4 Å².